The van der Waals surface area contributed by atoms with E-state index in [1.807, 2.05) is 48.8 Å². The van der Waals surface area contributed by atoms with Gasteiger partial charge < -0.3 is 9.97 Å². The molecular formula is C10H10N2PbS2. The Hall–Kier alpha value is -0.338. The molecule has 0 aliphatic heterocycles. The van der Waals surface area contributed by atoms with Gasteiger partial charge in [-0.15, -0.1) is 0 Å². The third-order valence-corrected chi connectivity index (χ3v) is 1.87. The van der Waals surface area contributed by atoms with Crippen LogP contribution in [0.1, 0.15) is 0 Å². The first kappa shape index (κ1) is 14.7. The van der Waals surface area contributed by atoms with Crippen LogP contribution in [0, 0.1) is 9.28 Å². The van der Waals surface area contributed by atoms with Gasteiger partial charge in [-0.1, -0.05) is 36.6 Å². The SMILES string of the molecule is S=c1cccc[nH]1.S=c1cccc[nH]1.[Pb]. The van der Waals surface area contributed by atoms with Gasteiger partial charge in [-0.25, -0.2) is 0 Å². The summed E-state index contributed by atoms with van der Waals surface area (Å²) in [7, 11) is 0. The van der Waals surface area contributed by atoms with Crippen molar-refractivity contribution < 1.29 is 0 Å². The summed E-state index contributed by atoms with van der Waals surface area (Å²) in [6.45, 7) is 0. The Morgan fingerprint density at radius 2 is 1.13 bits per heavy atom. The van der Waals surface area contributed by atoms with Crippen molar-refractivity contribution in [2.24, 2.45) is 0 Å². The minimum absolute atomic E-state index is 0. The summed E-state index contributed by atoms with van der Waals surface area (Å²) >= 11 is 9.51. The number of rotatable bonds is 0. The molecule has 2 nitrogen and oxygen atoms in total. The number of hydrogen-bond donors (Lipinski definition) is 2. The quantitative estimate of drug-likeness (QED) is 0.498. The van der Waals surface area contributed by atoms with Crippen LogP contribution >= 0.6 is 24.4 Å². The van der Waals surface area contributed by atoms with Gasteiger partial charge in [0, 0.05) is 39.7 Å². The van der Waals surface area contributed by atoms with Crippen LogP contribution < -0.4 is 0 Å². The zero-order chi connectivity index (χ0) is 10.2. The molecule has 2 aromatic rings. The normalized spacial score (nSPS) is 8.00. The van der Waals surface area contributed by atoms with Crippen LogP contribution in [-0.4, -0.2) is 37.3 Å². The molecule has 0 amide bonds. The van der Waals surface area contributed by atoms with Gasteiger partial charge in [0.05, 0.1) is 0 Å². The van der Waals surface area contributed by atoms with Gasteiger partial charge in [0.25, 0.3) is 0 Å². The molecule has 2 heterocycles. The number of hydrogen-bond acceptors (Lipinski definition) is 2. The Labute approximate surface area is 119 Å². The van der Waals surface area contributed by atoms with Gasteiger partial charge in [0.1, 0.15) is 9.28 Å². The monoisotopic (exact) mass is 430 g/mol. The number of pyridine rings is 2. The van der Waals surface area contributed by atoms with Crippen molar-refractivity contribution in [2.45, 2.75) is 0 Å². The molecule has 4 radical (unpaired) electrons. The summed E-state index contributed by atoms with van der Waals surface area (Å²) < 4.78 is 1.56. The van der Waals surface area contributed by atoms with E-state index in [0.29, 0.717) is 0 Å². The molecule has 0 fully saturated rings. The fraction of sp³-hybridized carbons (Fsp3) is 0. The summed E-state index contributed by atoms with van der Waals surface area (Å²) in [5.41, 5.74) is 0. The second-order valence-corrected chi connectivity index (χ2v) is 3.33. The Bertz CT molecular complexity index is 398. The maximum atomic E-state index is 4.76. The third kappa shape index (κ3) is 7.57. The Morgan fingerprint density at radius 3 is 1.27 bits per heavy atom. The van der Waals surface area contributed by atoms with Crippen LogP contribution in [0.4, 0.5) is 0 Å². The molecule has 0 saturated heterocycles. The zero-order valence-corrected chi connectivity index (χ0v) is 13.5. The molecule has 5 heteroatoms. The Kier molecular flexibility index (Phi) is 8.73. The van der Waals surface area contributed by atoms with Crippen LogP contribution in [-0.2, 0) is 0 Å². The number of nitrogens with one attached hydrogen (secondary N) is 2. The molecule has 0 unspecified atom stereocenters. The van der Waals surface area contributed by atoms with Gasteiger partial charge in [0.2, 0.25) is 0 Å². The third-order valence-electron chi connectivity index (χ3n) is 1.36. The Balaban J connectivity index is 0.000000245. The number of aromatic amines is 2. The molecule has 2 rings (SSSR count). The van der Waals surface area contributed by atoms with Crippen LogP contribution in [0.3, 0.4) is 0 Å². The molecule has 0 aromatic carbocycles. The first-order valence-corrected chi connectivity index (χ1v) is 4.88. The Morgan fingerprint density at radius 1 is 0.733 bits per heavy atom. The van der Waals surface area contributed by atoms with Crippen molar-refractivity contribution in [2.75, 3.05) is 0 Å². The van der Waals surface area contributed by atoms with Gasteiger partial charge in [-0.3, -0.25) is 0 Å². The van der Waals surface area contributed by atoms with E-state index in [2.05, 4.69) is 9.97 Å². The fourth-order valence-electron chi connectivity index (χ4n) is 0.754. The molecule has 0 bridgehead atoms. The predicted molar refractivity (Wildman–Crippen MR) is 69.0 cm³/mol. The molecule has 0 atom stereocenters. The van der Waals surface area contributed by atoms with E-state index < -0.39 is 0 Å². The molecule has 0 saturated carbocycles. The molecule has 15 heavy (non-hydrogen) atoms. The average molecular weight is 430 g/mol. The predicted octanol–water partition coefficient (Wildman–Crippen LogP) is 3.11. The molecular weight excluding hydrogens is 419 g/mol. The van der Waals surface area contributed by atoms with Crippen molar-refractivity contribution in [3.05, 3.63) is 58.1 Å². The molecule has 76 valence electrons. The first-order chi connectivity index (χ1) is 6.79. The number of aromatic nitrogens is 2. The first-order valence-electron chi connectivity index (χ1n) is 4.06. The maximum absolute atomic E-state index is 4.76. The van der Waals surface area contributed by atoms with Crippen molar-refractivity contribution in [1.29, 1.82) is 0 Å². The summed E-state index contributed by atoms with van der Waals surface area (Å²) in [5, 5.41) is 0. The van der Waals surface area contributed by atoms with Crippen molar-refractivity contribution in [1.82, 2.24) is 9.97 Å². The van der Waals surface area contributed by atoms with Gasteiger partial charge in [0.15, 0.2) is 0 Å². The summed E-state index contributed by atoms with van der Waals surface area (Å²) in [5.74, 6) is 0. The molecule has 2 aromatic heterocycles. The van der Waals surface area contributed by atoms with E-state index in [-0.39, 0.29) is 27.3 Å². The van der Waals surface area contributed by atoms with Crippen molar-refractivity contribution >= 4 is 51.7 Å². The minimum atomic E-state index is 0. The largest absolute Gasteiger partial charge is 0.353 e. The zero-order valence-electron chi connectivity index (χ0n) is 7.94. The molecule has 0 spiro atoms. The van der Waals surface area contributed by atoms with Crippen LogP contribution in [0.25, 0.3) is 0 Å². The van der Waals surface area contributed by atoms with E-state index in [4.69, 9.17) is 24.4 Å². The summed E-state index contributed by atoms with van der Waals surface area (Å²) in [6, 6.07) is 11.3. The average Bonchev–Trinajstić information content (AvgIpc) is 2.21. The number of H-pyrrole nitrogens is 2. The standard InChI is InChI=1S/2C5H5NS.Pb/c2*7-5-3-1-2-4-6-5;/h2*1-4H,(H,6,7);. The van der Waals surface area contributed by atoms with E-state index in [1.54, 1.807) is 0 Å². The topological polar surface area (TPSA) is 31.6 Å². The van der Waals surface area contributed by atoms with Gasteiger partial charge >= 0.3 is 0 Å². The molecule has 0 aliphatic carbocycles. The fourth-order valence-corrected chi connectivity index (χ4v) is 1.05. The minimum Gasteiger partial charge on any atom is -0.353 e. The van der Waals surface area contributed by atoms with E-state index in [1.165, 1.54) is 0 Å². The second kappa shape index (κ2) is 8.93. The van der Waals surface area contributed by atoms with Crippen molar-refractivity contribution in [3.8, 4) is 0 Å². The molecule has 2 N–H and O–H groups in total. The smallest absolute Gasteiger partial charge is 0.103 e. The second-order valence-electron chi connectivity index (χ2n) is 2.45. The van der Waals surface area contributed by atoms with Crippen molar-refractivity contribution in [3.63, 3.8) is 0 Å². The van der Waals surface area contributed by atoms with Crippen LogP contribution in [0.2, 0.25) is 0 Å². The van der Waals surface area contributed by atoms with E-state index in [9.17, 15) is 0 Å². The van der Waals surface area contributed by atoms with Gasteiger partial charge in [-0.05, 0) is 24.3 Å². The summed E-state index contributed by atoms with van der Waals surface area (Å²) in [4.78, 5) is 5.69. The van der Waals surface area contributed by atoms with E-state index >= 15 is 0 Å². The van der Waals surface area contributed by atoms with Crippen LogP contribution in [0.15, 0.2) is 48.8 Å². The van der Waals surface area contributed by atoms with Gasteiger partial charge in [-0.2, -0.15) is 0 Å². The van der Waals surface area contributed by atoms with E-state index in [0.717, 1.165) is 9.28 Å². The maximum Gasteiger partial charge on any atom is 0.103 e. The molecule has 0 aliphatic rings. The summed E-state index contributed by atoms with van der Waals surface area (Å²) in [6.07, 6.45) is 3.62. The van der Waals surface area contributed by atoms with Crippen LogP contribution in [0.5, 0.6) is 0 Å².